The second-order valence-electron chi connectivity index (χ2n) is 7.64. The van der Waals surface area contributed by atoms with Crippen LogP contribution in [0.1, 0.15) is 22.4 Å². The number of anilines is 2. The van der Waals surface area contributed by atoms with Crippen LogP contribution in [0.3, 0.4) is 0 Å². The molecule has 158 valence electrons. The summed E-state index contributed by atoms with van der Waals surface area (Å²) in [5.41, 5.74) is 6.09. The second-order valence-corrected chi connectivity index (χ2v) is 8.72. The van der Waals surface area contributed by atoms with E-state index in [2.05, 4.69) is 70.8 Å². The van der Waals surface area contributed by atoms with Gasteiger partial charge in [-0.25, -0.2) is 4.68 Å². The molecule has 0 saturated heterocycles. The van der Waals surface area contributed by atoms with Gasteiger partial charge in [-0.15, -0.1) is 5.10 Å². The molecule has 0 saturated carbocycles. The average Bonchev–Trinajstić information content (AvgIpc) is 3.27. The van der Waals surface area contributed by atoms with Gasteiger partial charge in [0.15, 0.2) is 0 Å². The number of para-hydroxylation sites is 1. The number of nitrogens with zero attached hydrogens (tertiary/aromatic N) is 5. The molecule has 0 fully saturated rings. The van der Waals surface area contributed by atoms with Gasteiger partial charge in [-0.3, -0.25) is 0 Å². The molecule has 0 spiro atoms. The Kier molecular flexibility index (Phi) is 5.63. The van der Waals surface area contributed by atoms with Gasteiger partial charge in [-0.2, -0.15) is 5.26 Å². The van der Waals surface area contributed by atoms with E-state index in [1.54, 1.807) is 16.4 Å². The SMILES string of the molecule is CN1c2ccccc2Sc2cc(COCc3cn(Cc4ccc(C#N)cc4)nn3)ccc21. The highest BCUT2D eigenvalue weighted by Gasteiger charge is 2.20. The van der Waals surface area contributed by atoms with Gasteiger partial charge >= 0.3 is 0 Å². The first-order valence-corrected chi connectivity index (χ1v) is 11.1. The zero-order chi connectivity index (χ0) is 21.9. The summed E-state index contributed by atoms with van der Waals surface area (Å²) in [6, 6.07) is 24.5. The van der Waals surface area contributed by atoms with Crippen LogP contribution in [-0.2, 0) is 24.5 Å². The number of hydrogen-bond acceptors (Lipinski definition) is 6. The van der Waals surface area contributed by atoms with Crippen molar-refractivity contribution in [2.24, 2.45) is 0 Å². The topological polar surface area (TPSA) is 67.0 Å². The summed E-state index contributed by atoms with van der Waals surface area (Å²) in [5.74, 6) is 0. The molecule has 5 rings (SSSR count). The lowest BCUT2D eigenvalue weighted by Crippen LogP contribution is -2.14. The first-order chi connectivity index (χ1) is 15.7. The Bertz CT molecular complexity index is 1290. The lowest BCUT2D eigenvalue weighted by Gasteiger charge is -2.29. The lowest BCUT2D eigenvalue weighted by atomic mass is 10.1. The van der Waals surface area contributed by atoms with Gasteiger partial charge in [0, 0.05) is 16.8 Å². The van der Waals surface area contributed by atoms with E-state index in [-0.39, 0.29) is 0 Å². The summed E-state index contributed by atoms with van der Waals surface area (Å²) in [5, 5.41) is 17.3. The molecule has 4 aromatic rings. The minimum absolute atomic E-state index is 0.403. The first kappa shape index (κ1) is 20.3. The van der Waals surface area contributed by atoms with Gasteiger partial charge in [0.2, 0.25) is 0 Å². The number of nitriles is 1. The van der Waals surface area contributed by atoms with Crippen LogP contribution in [0, 0.1) is 11.3 Å². The standard InChI is InChI=1S/C25H21N5OS/c1-29-22-4-2-3-5-24(22)32-25-12-20(10-11-23(25)29)16-31-17-21-15-30(28-27-21)14-19-8-6-18(13-26)7-9-19/h2-12,15H,14,16-17H2,1H3. The van der Waals surface area contributed by atoms with E-state index in [1.807, 2.05) is 30.5 Å². The van der Waals surface area contributed by atoms with Crippen molar-refractivity contribution < 1.29 is 4.74 Å². The summed E-state index contributed by atoms with van der Waals surface area (Å²) >= 11 is 1.80. The maximum Gasteiger partial charge on any atom is 0.108 e. The molecule has 6 nitrogen and oxygen atoms in total. The number of rotatable bonds is 6. The second kappa shape index (κ2) is 8.87. The Morgan fingerprint density at radius 3 is 2.56 bits per heavy atom. The van der Waals surface area contributed by atoms with E-state index in [0.29, 0.717) is 25.3 Å². The molecule has 0 unspecified atom stereocenters. The van der Waals surface area contributed by atoms with Crippen molar-refractivity contribution in [3.8, 4) is 6.07 Å². The smallest absolute Gasteiger partial charge is 0.108 e. The number of benzene rings is 3. The summed E-state index contributed by atoms with van der Waals surface area (Å²) in [4.78, 5) is 4.73. The molecule has 3 aromatic carbocycles. The molecule has 32 heavy (non-hydrogen) atoms. The third-order valence-electron chi connectivity index (χ3n) is 5.36. The normalized spacial score (nSPS) is 12.2. The zero-order valence-electron chi connectivity index (χ0n) is 17.6. The molecule has 0 bridgehead atoms. The summed E-state index contributed by atoms with van der Waals surface area (Å²) < 4.78 is 7.69. The van der Waals surface area contributed by atoms with Gasteiger partial charge in [0.1, 0.15) is 5.69 Å². The highest BCUT2D eigenvalue weighted by molar-refractivity contribution is 7.99. The van der Waals surface area contributed by atoms with Crippen LogP contribution in [0.5, 0.6) is 0 Å². The van der Waals surface area contributed by atoms with Crippen LogP contribution in [0.15, 0.2) is 82.7 Å². The van der Waals surface area contributed by atoms with Crippen molar-refractivity contribution >= 4 is 23.1 Å². The Morgan fingerprint density at radius 2 is 1.72 bits per heavy atom. The van der Waals surface area contributed by atoms with E-state index < -0.39 is 0 Å². The monoisotopic (exact) mass is 439 g/mol. The van der Waals surface area contributed by atoms with E-state index in [1.165, 1.54) is 21.2 Å². The zero-order valence-corrected chi connectivity index (χ0v) is 18.4. The van der Waals surface area contributed by atoms with Crippen LogP contribution in [0.2, 0.25) is 0 Å². The maximum absolute atomic E-state index is 8.90. The predicted octanol–water partition coefficient (Wildman–Crippen LogP) is 5.15. The van der Waals surface area contributed by atoms with Crippen molar-refractivity contribution in [1.82, 2.24) is 15.0 Å². The third-order valence-corrected chi connectivity index (χ3v) is 6.48. The predicted molar refractivity (Wildman–Crippen MR) is 124 cm³/mol. The highest BCUT2D eigenvalue weighted by Crippen LogP contribution is 2.47. The van der Waals surface area contributed by atoms with Gasteiger partial charge in [-0.05, 0) is 47.5 Å². The molecule has 0 N–H and O–H groups in total. The van der Waals surface area contributed by atoms with Crippen molar-refractivity contribution in [3.05, 3.63) is 95.3 Å². The van der Waals surface area contributed by atoms with Crippen LogP contribution in [0.4, 0.5) is 11.4 Å². The largest absolute Gasteiger partial charge is 0.370 e. The fraction of sp³-hybridized carbons (Fsp3) is 0.160. The molecule has 2 heterocycles. The van der Waals surface area contributed by atoms with Gasteiger partial charge < -0.3 is 9.64 Å². The highest BCUT2D eigenvalue weighted by atomic mass is 32.2. The van der Waals surface area contributed by atoms with Crippen LogP contribution in [0.25, 0.3) is 0 Å². The molecule has 1 aliphatic rings. The van der Waals surface area contributed by atoms with Crippen molar-refractivity contribution in [2.45, 2.75) is 29.5 Å². The number of ether oxygens (including phenoxy) is 1. The van der Waals surface area contributed by atoms with Crippen LogP contribution < -0.4 is 4.90 Å². The van der Waals surface area contributed by atoms with Crippen LogP contribution >= 0.6 is 11.8 Å². The molecule has 1 aromatic heterocycles. The molecular formula is C25H21N5OS. The molecule has 0 atom stereocenters. The Morgan fingerprint density at radius 1 is 0.938 bits per heavy atom. The lowest BCUT2D eigenvalue weighted by molar-refractivity contribution is 0.104. The van der Waals surface area contributed by atoms with Crippen molar-refractivity contribution in [2.75, 3.05) is 11.9 Å². The molecule has 7 heteroatoms. The summed E-state index contributed by atoms with van der Waals surface area (Å²) in [6.07, 6.45) is 1.90. The van der Waals surface area contributed by atoms with E-state index >= 15 is 0 Å². The first-order valence-electron chi connectivity index (χ1n) is 10.3. The Labute approximate surface area is 191 Å². The van der Waals surface area contributed by atoms with Crippen molar-refractivity contribution in [3.63, 3.8) is 0 Å². The van der Waals surface area contributed by atoms with Gasteiger partial charge in [0.25, 0.3) is 0 Å². The van der Waals surface area contributed by atoms with E-state index in [9.17, 15) is 0 Å². The molecule has 0 amide bonds. The summed E-state index contributed by atoms with van der Waals surface area (Å²) in [6.45, 7) is 1.53. The van der Waals surface area contributed by atoms with Crippen molar-refractivity contribution in [1.29, 1.82) is 5.26 Å². The third kappa shape index (κ3) is 4.24. The van der Waals surface area contributed by atoms with E-state index in [4.69, 9.17) is 10.00 Å². The van der Waals surface area contributed by atoms with E-state index in [0.717, 1.165) is 16.8 Å². The molecule has 0 radical (unpaired) electrons. The van der Waals surface area contributed by atoms with Crippen LogP contribution in [-0.4, -0.2) is 22.0 Å². The van der Waals surface area contributed by atoms with Gasteiger partial charge in [-0.1, -0.05) is 47.3 Å². The minimum Gasteiger partial charge on any atom is -0.370 e. The summed E-state index contributed by atoms with van der Waals surface area (Å²) in [7, 11) is 2.11. The number of aromatic nitrogens is 3. The Hall–Kier alpha value is -3.60. The fourth-order valence-corrected chi connectivity index (χ4v) is 4.92. The number of hydrogen-bond donors (Lipinski definition) is 0. The quantitative estimate of drug-likeness (QED) is 0.414. The Balaban J connectivity index is 1.18. The minimum atomic E-state index is 0.403. The number of fused-ring (bicyclic) bond motifs is 2. The molecule has 0 aliphatic carbocycles. The molecule has 1 aliphatic heterocycles. The fourth-order valence-electron chi connectivity index (χ4n) is 3.70. The molecular weight excluding hydrogens is 418 g/mol. The maximum atomic E-state index is 8.90. The average molecular weight is 440 g/mol. The van der Waals surface area contributed by atoms with Gasteiger partial charge in [0.05, 0.1) is 49.0 Å².